The zero-order valence-electron chi connectivity index (χ0n) is 10.2. The highest BCUT2D eigenvalue weighted by Crippen LogP contribution is 2.48. The average Bonchev–Trinajstić information content (AvgIpc) is 3.10. The maximum atomic E-state index is 8.74. The van der Waals surface area contributed by atoms with Crippen molar-refractivity contribution in [1.82, 2.24) is 0 Å². The Balaban J connectivity index is 1.85. The number of ether oxygens (including phenoxy) is 1. The van der Waals surface area contributed by atoms with Crippen LogP contribution in [0.4, 0.5) is 5.69 Å². The molecule has 0 unspecified atom stereocenters. The van der Waals surface area contributed by atoms with E-state index in [9.17, 15) is 0 Å². The molecular weight excluding hydrogens is 212 g/mol. The third-order valence-electron chi connectivity index (χ3n) is 3.24. The summed E-state index contributed by atoms with van der Waals surface area (Å²) in [7, 11) is 0. The lowest BCUT2D eigenvalue weighted by atomic mass is 10.0. The topological polar surface area (TPSA) is 45.0 Å². The summed E-state index contributed by atoms with van der Waals surface area (Å²) in [4.78, 5) is 0. The Kier molecular flexibility index (Phi) is 3.53. The van der Waals surface area contributed by atoms with Gasteiger partial charge < -0.3 is 10.1 Å². The third kappa shape index (κ3) is 3.13. The fraction of sp³-hybridized carbons (Fsp3) is 0.500. The number of rotatable bonds is 6. The largest absolute Gasteiger partial charge is 0.494 e. The van der Waals surface area contributed by atoms with Gasteiger partial charge in [0.15, 0.2) is 0 Å². The number of nitrogens with zero attached hydrogens (tertiary/aromatic N) is 1. The van der Waals surface area contributed by atoms with Gasteiger partial charge in [0.2, 0.25) is 0 Å². The zero-order valence-corrected chi connectivity index (χ0v) is 10.2. The quantitative estimate of drug-likeness (QED) is 0.816. The minimum absolute atomic E-state index is 0.243. The van der Waals surface area contributed by atoms with E-state index in [0.717, 1.165) is 18.0 Å². The molecule has 1 aliphatic carbocycles. The van der Waals surface area contributed by atoms with Crippen molar-refractivity contribution in [3.63, 3.8) is 0 Å². The molecule has 0 amide bonds. The monoisotopic (exact) mass is 230 g/mol. The number of anilines is 1. The highest BCUT2D eigenvalue weighted by molar-refractivity contribution is 5.46. The Hall–Kier alpha value is -1.69. The summed E-state index contributed by atoms with van der Waals surface area (Å²) in [6.45, 7) is 3.57. The summed E-state index contributed by atoms with van der Waals surface area (Å²) in [5, 5.41) is 12.1. The molecule has 0 aliphatic heterocycles. The standard InChI is InChI=1S/C14H18N2O/c1-2-17-13-5-3-12(4-6-13)16-11-14(7-8-14)9-10-15/h3-6,16H,2,7-9,11H2,1H3. The minimum atomic E-state index is 0.243. The zero-order chi connectivity index (χ0) is 12.1. The molecule has 3 nitrogen and oxygen atoms in total. The van der Waals surface area contributed by atoms with Crippen molar-refractivity contribution in [3.8, 4) is 11.8 Å². The van der Waals surface area contributed by atoms with Gasteiger partial charge in [-0.15, -0.1) is 0 Å². The first-order valence-electron chi connectivity index (χ1n) is 6.12. The maximum absolute atomic E-state index is 8.74. The van der Waals surface area contributed by atoms with Gasteiger partial charge in [-0.1, -0.05) is 0 Å². The molecule has 1 saturated carbocycles. The highest BCUT2D eigenvalue weighted by atomic mass is 16.5. The SMILES string of the molecule is CCOc1ccc(NCC2(CC#N)CC2)cc1. The van der Waals surface area contributed by atoms with Crippen molar-refractivity contribution >= 4 is 5.69 Å². The molecule has 1 N–H and O–H groups in total. The van der Waals surface area contributed by atoms with Crippen molar-refractivity contribution in [3.05, 3.63) is 24.3 Å². The maximum Gasteiger partial charge on any atom is 0.119 e. The van der Waals surface area contributed by atoms with Gasteiger partial charge in [0, 0.05) is 24.1 Å². The first-order valence-corrected chi connectivity index (χ1v) is 6.12. The molecule has 0 heterocycles. The summed E-state index contributed by atoms with van der Waals surface area (Å²) >= 11 is 0. The Morgan fingerprint density at radius 3 is 2.59 bits per heavy atom. The number of nitrogens with one attached hydrogen (secondary N) is 1. The van der Waals surface area contributed by atoms with E-state index in [1.54, 1.807) is 0 Å². The van der Waals surface area contributed by atoms with E-state index >= 15 is 0 Å². The minimum Gasteiger partial charge on any atom is -0.494 e. The molecule has 0 spiro atoms. The van der Waals surface area contributed by atoms with Crippen molar-refractivity contribution in [1.29, 1.82) is 5.26 Å². The molecule has 0 bridgehead atoms. The van der Waals surface area contributed by atoms with E-state index in [2.05, 4.69) is 11.4 Å². The summed E-state index contributed by atoms with van der Waals surface area (Å²) in [6, 6.07) is 10.3. The molecule has 1 fully saturated rings. The molecule has 17 heavy (non-hydrogen) atoms. The van der Waals surface area contributed by atoms with E-state index in [1.807, 2.05) is 31.2 Å². The van der Waals surface area contributed by atoms with Crippen LogP contribution in [0.2, 0.25) is 0 Å². The van der Waals surface area contributed by atoms with Crippen LogP contribution in [-0.4, -0.2) is 13.2 Å². The van der Waals surface area contributed by atoms with Crippen LogP contribution >= 0.6 is 0 Å². The lowest BCUT2D eigenvalue weighted by Gasteiger charge is -2.13. The molecule has 0 atom stereocenters. The lowest BCUT2D eigenvalue weighted by molar-refractivity contribution is 0.340. The fourth-order valence-corrected chi connectivity index (χ4v) is 1.89. The van der Waals surface area contributed by atoms with Crippen molar-refractivity contribution in [2.45, 2.75) is 26.2 Å². The molecule has 1 aliphatic rings. The smallest absolute Gasteiger partial charge is 0.119 e. The Morgan fingerprint density at radius 2 is 2.06 bits per heavy atom. The van der Waals surface area contributed by atoms with E-state index in [4.69, 9.17) is 10.00 Å². The van der Waals surface area contributed by atoms with Crippen molar-refractivity contribution in [2.75, 3.05) is 18.5 Å². The molecule has 90 valence electrons. The number of hydrogen-bond acceptors (Lipinski definition) is 3. The summed E-state index contributed by atoms with van der Waals surface area (Å²) in [5.41, 5.74) is 1.34. The van der Waals surface area contributed by atoms with Crippen molar-refractivity contribution in [2.24, 2.45) is 5.41 Å². The Morgan fingerprint density at radius 1 is 1.35 bits per heavy atom. The Bertz CT molecular complexity index is 401. The van der Waals surface area contributed by atoms with Crippen LogP contribution in [0.15, 0.2) is 24.3 Å². The molecule has 0 radical (unpaired) electrons. The highest BCUT2D eigenvalue weighted by Gasteiger charge is 2.42. The van der Waals surface area contributed by atoms with E-state index in [-0.39, 0.29) is 5.41 Å². The number of benzene rings is 1. The predicted molar refractivity (Wildman–Crippen MR) is 68.0 cm³/mol. The van der Waals surface area contributed by atoms with Crippen LogP contribution in [0.1, 0.15) is 26.2 Å². The molecule has 2 rings (SSSR count). The second-order valence-corrected chi connectivity index (χ2v) is 4.65. The van der Waals surface area contributed by atoms with Gasteiger partial charge in [-0.05, 0) is 44.0 Å². The van der Waals surface area contributed by atoms with Gasteiger partial charge in [0.05, 0.1) is 12.7 Å². The van der Waals surface area contributed by atoms with E-state index in [1.165, 1.54) is 12.8 Å². The van der Waals surface area contributed by atoms with Crippen LogP contribution < -0.4 is 10.1 Å². The van der Waals surface area contributed by atoms with Gasteiger partial charge in [0.1, 0.15) is 5.75 Å². The van der Waals surface area contributed by atoms with Gasteiger partial charge in [-0.25, -0.2) is 0 Å². The van der Waals surface area contributed by atoms with Gasteiger partial charge >= 0.3 is 0 Å². The van der Waals surface area contributed by atoms with Crippen LogP contribution in [-0.2, 0) is 0 Å². The lowest BCUT2D eigenvalue weighted by Crippen LogP contribution is -2.14. The summed E-state index contributed by atoms with van der Waals surface area (Å²) in [6.07, 6.45) is 3.01. The first-order chi connectivity index (χ1) is 8.28. The normalized spacial score (nSPS) is 16.0. The van der Waals surface area contributed by atoms with Crippen molar-refractivity contribution < 1.29 is 4.74 Å². The molecule has 0 aromatic heterocycles. The van der Waals surface area contributed by atoms with Gasteiger partial charge in [-0.2, -0.15) is 5.26 Å². The second-order valence-electron chi connectivity index (χ2n) is 4.65. The predicted octanol–water partition coefficient (Wildman–Crippen LogP) is 3.19. The molecule has 0 saturated heterocycles. The van der Waals surface area contributed by atoms with Crippen LogP contribution in [0.25, 0.3) is 0 Å². The van der Waals surface area contributed by atoms with Crippen LogP contribution in [0.5, 0.6) is 5.75 Å². The van der Waals surface area contributed by atoms with E-state index in [0.29, 0.717) is 13.0 Å². The average molecular weight is 230 g/mol. The number of hydrogen-bond donors (Lipinski definition) is 1. The first kappa shape index (κ1) is 11.8. The van der Waals surface area contributed by atoms with Crippen LogP contribution in [0, 0.1) is 16.7 Å². The number of nitriles is 1. The summed E-state index contributed by atoms with van der Waals surface area (Å²) < 4.78 is 5.39. The van der Waals surface area contributed by atoms with Gasteiger partial charge in [0.25, 0.3) is 0 Å². The molecular formula is C14H18N2O. The second kappa shape index (κ2) is 5.09. The molecule has 1 aromatic carbocycles. The van der Waals surface area contributed by atoms with Crippen LogP contribution in [0.3, 0.4) is 0 Å². The van der Waals surface area contributed by atoms with Gasteiger partial charge in [-0.3, -0.25) is 0 Å². The van der Waals surface area contributed by atoms with E-state index < -0.39 is 0 Å². The summed E-state index contributed by atoms with van der Waals surface area (Å²) in [5.74, 6) is 0.899. The molecule has 1 aromatic rings. The fourth-order valence-electron chi connectivity index (χ4n) is 1.89. The Labute approximate surface area is 102 Å². The third-order valence-corrected chi connectivity index (χ3v) is 3.24. The molecule has 3 heteroatoms.